The van der Waals surface area contributed by atoms with Crippen molar-refractivity contribution < 1.29 is 9.47 Å². The standard InChI is InChI=1S/C23H28N4O2S/c1-15-8-9-18(20(12-15)28-4)13-27-10-11-29-21(14-27)19-6-5-7-22(25-19)26-23-24-16(2)17(3)30-23/h5-9,12,21H,10-11,13-14H2,1-4H3,(H,24,25,26)/t21-/m1/s1. The molecule has 3 aromatic rings. The van der Waals surface area contributed by atoms with Crippen molar-refractivity contribution in [3.8, 4) is 5.75 Å². The van der Waals surface area contributed by atoms with Crippen molar-refractivity contribution in [1.82, 2.24) is 14.9 Å². The van der Waals surface area contributed by atoms with Gasteiger partial charge in [0.1, 0.15) is 17.7 Å². The van der Waals surface area contributed by atoms with Crippen molar-refractivity contribution in [3.63, 3.8) is 0 Å². The van der Waals surface area contributed by atoms with Gasteiger partial charge in [-0.15, -0.1) is 11.3 Å². The van der Waals surface area contributed by atoms with Crippen LogP contribution in [0.1, 0.15) is 33.5 Å². The number of pyridine rings is 1. The molecule has 4 rings (SSSR count). The molecule has 0 aliphatic carbocycles. The summed E-state index contributed by atoms with van der Waals surface area (Å²) in [7, 11) is 1.73. The van der Waals surface area contributed by atoms with Gasteiger partial charge >= 0.3 is 0 Å². The molecule has 0 bridgehead atoms. The van der Waals surface area contributed by atoms with Gasteiger partial charge in [0, 0.05) is 30.1 Å². The zero-order chi connectivity index (χ0) is 21.1. The molecule has 1 fully saturated rings. The first-order valence-corrected chi connectivity index (χ1v) is 11.0. The lowest BCUT2D eigenvalue weighted by molar-refractivity contribution is -0.0350. The summed E-state index contributed by atoms with van der Waals surface area (Å²) in [5, 5.41) is 4.19. The van der Waals surface area contributed by atoms with E-state index >= 15 is 0 Å². The van der Waals surface area contributed by atoms with Gasteiger partial charge in [-0.05, 0) is 44.5 Å². The van der Waals surface area contributed by atoms with Crippen LogP contribution in [-0.2, 0) is 11.3 Å². The number of benzene rings is 1. The van der Waals surface area contributed by atoms with E-state index in [0.717, 1.165) is 47.7 Å². The van der Waals surface area contributed by atoms with Gasteiger partial charge < -0.3 is 14.8 Å². The van der Waals surface area contributed by atoms with Crippen LogP contribution in [0, 0.1) is 20.8 Å². The van der Waals surface area contributed by atoms with Crippen LogP contribution in [0.4, 0.5) is 10.9 Å². The monoisotopic (exact) mass is 424 g/mol. The number of ether oxygens (including phenoxy) is 2. The second-order valence-corrected chi connectivity index (χ2v) is 8.85. The summed E-state index contributed by atoms with van der Waals surface area (Å²) in [5.41, 5.74) is 4.39. The van der Waals surface area contributed by atoms with E-state index in [1.54, 1.807) is 18.4 Å². The van der Waals surface area contributed by atoms with E-state index in [1.165, 1.54) is 16.0 Å². The molecule has 1 aromatic carbocycles. The second kappa shape index (κ2) is 9.12. The number of hydrogen-bond acceptors (Lipinski definition) is 7. The molecule has 7 heteroatoms. The quantitative estimate of drug-likeness (QED) is 0.614. The van der Waals surface area contributed by atoms with E-state index in [2.05, 4.69) is 47.2 Å². The maximum atomic E-state index is 6.06. The third-order valence-electron chi connectivity index (χ3n) is 5.35. The summed E-state index contributed by atoms with van der Waals surface area (Å²) in [5.74, 6) is 1.73. The maximum Gasteiger partial charge on any atom is 0.188 e. The molecule has 1 aliphatic rings. The first kappa shape index (κ1) is 20.8. The number of methoxy groups -OCH3 is 1. The van der Waals surface area contributed by atoms with Crippen LogP contribution >= 0.6 is 11.3 Å². The molecule has 0 unspecified atom stereocenters. The Bertz CT molecular complexity index is 1000. The van der Waals surface area contributed by atoms with Gasteiger partial charge in [-0.25, -0.2) is 9.97 Å². The minimum Gasteiger partial charge on any atom is -0.496 e. The molecule has 1 N–H and O–H groups in total. The van der Waals surface area contributed by atoms with Crippen LogP contribution in [0.5, 0.6) is 5.75 Å². The largest absolute Gasteiger partial charge is 0.496 e. The fourth-order valence-corrected chi connectivity index (χ4v) is 4.41. The van der Waals surface area contributed by atoms with Crippen LogP contribution in [0.2, 0.25) is 0 Å². The SMILES string of the molecule is COc1cc(C)ccc1CN1CCO[C@@H](c2cccc(Nc3nc(C)c(C)s3)n2)C1. The average Bonchev–Trinajstić information content (AvgIpc) is 3.06. The Hall–Kier alpha value is -2.48. The molecule has 1 saturated heterocycles. The highest BCUT2D eigenvalue weighted by atomic mass is 32.1. The molecule has 2 aromatic heterocycles. The number of anilines is 2. The Morgan fingerprint density at radius 3 is 2.83 bits per heavy atom. The van der Waals surface area contributed by atoms with E-state index in [9.17, 15) is 0 Å². The van der Waals surface area contributed by atoms with Gasteiger partial charge in [0.2, 0.25) is 0 Å². The van der Waals surface area contributed by atoms with Crippen molar-refractivity contribution in [1.29, 1.82) is 0 Å². The smallest absolute Gasteiger partial charge is 0.188 e. The van der Waals surface area contributed by atoms with Gasteiger partial charge in [-0.3, -0.25) is 4.90 Å². The van der Waals surface area contributed by atoms with Gasteiger partial charge in [0.05, 0.1) is 25.1 Å². The summed E-state index contributed by atoms with van der Waals surface area (Å²) in [4.78, 5) is 13.0. The Kier molecular flexibility index (Phi) is 6.32. The molecule has 1 atom stereocenters. The van der Waals surface area contributed by atoms with Crippen LogP contribution in [0.3, 0.4) is 0 Å². The van der Waals surface area contributed by atoms with Crippen molar-refractivity contribution in [3.05, 3.63) is 63.8 Å². The molecular formula is C23H28N4O2S. The molecule has 6 nitrogen and oxygen atoms in total. The van der Waals surface area contributed by atoms with Crippen LogP contribution < -0.4 is 10.1 Å². The Balaban J connectivity index is 1.45. The van der Waals surface area contributed by atoms with Crippen LogP contribution in [0.15, 0.2) is 36.4 Å². The van der Waals surface area contributed by atoms with E-state index in [4.69, 9.17) is 14.5 Å². The molecule has 0 amide bonds. The van der Waals surface area contributed by atoms with Crippen molar-refractivity contribution in [2.45, 2.75) is 33.4 Å². The Morgan fingerprint density at radius 1 is 1.20 bits per heavy atom. The fraction of sp³-hybridized carbons (Fsp3) is 0.391. The lowest BCUT2D eigenvalue weighted by Crippen LogP contribution is -2.38. The van der Waals surface area contributed by atoms with E-state index < -0.39 is 0 Å². The van der Waals surface area contributed by atoms with E-state index in [1.807, 2.05) is 25.1 Å². The number of thiazole rings is 1. The van der Waals surface area contributed by atoms with Crippen LogP contribution in [-0.4, -0.2) is 41.7 Å². The number of rotatable bonds is 6. The highest BCUT2D eigenvalue weighted by molar-refractivity contribution is 7.15. The zero-order valence-electron chi connectivity index (χ0n) is 17.9. The number of nitrogens with zero attached hydrogens (tertiary/aromatic N) is 3. The van der Waals surface area contributed by atoms with Gasteiger partial charge in [0.15, 0.2) is 5.13 Å². The minimum atomic E-state index is -0.0586. The van der Waals surface area contributed by atoms with E-state index in [0.29, 0.717) is 6.61 Å². The molecule has 0 saturated carbocycles. The number of morpholine rings is 1. The fourth-order valence-electron chi connectivity index (χ4n) is 3.58. The first-order valence-electron chi connectivity index (χ1n) is 10.2. The number of nitrogens with one attached hydrogen (secondary N) is 1. The molecule has 30 heavy (non-hydrogen) atoms. The number of hydrogen-bond donors (Lipinski definition) is 1. The predicted molar refractivity (Wildman–Crippen MR) is 121 cm³/mol. The highest BCUT2D eigenvalue weighted by Gasteiger charge is 2.24. The lowest BCUT2D eigenvalue weighted by Gasteiger charge is -2.33. The molecular weight excluding hydrogens is 396 g/mol. The molecule has 1 aliphatic heterocycles. The summed E-state index contributed by atoms with van der Waals surface area (Å²) in [6.45, 7) is 9.38. The second-order valence-electron chi connectivity index (χ2n) is 7.64. The number of aromatic nitrogens is 2. The zero-order valence-corrected chi connectivity index (χ0v) is 18.8. The Labute approximate surface area is 181 Å². The lowest BCUT2D eigenvalue weighted by atomic mass is 10.1. The highest BCUT2D eigenvalue weighted by Crippen LogP contribution is 2.28. The van der Waals surface area contributed by atoms with Gasteiger partial charge in [-0.1, -0.05) is 18.2 Å². The predicted octanol–water partition coefficient (Wildman–Crippen LogP) is 4.79. The molecule has 3 heterocycles. The normalized spacial score (nSPS) is 17.1. The minimum absolute atomic E-state index is 0.0586. The van der Waals surface area contributed by atoms with Gasteiger partial charge in [0.25, 0.3) is 0 Å². The van der Waals surface area contributed by atoms with Gasteiger partial charge in [-0.2, -0.15) is 0 Å². The maximum absolute atomic E-state index is 6.06. The summed E-state index contributed by atoms with van der Waals surface area (Å²) >= 11 is 1.64. The third-order valence-corrected chi connectivity index (χ3v) is 6.34. The Morgan fingerprint density at radius 2 is 2.07 bits per heavy atom. The summed E-state index contributed by atoms with van der Waals surface area (Å²) < 4.78 is 11.6. The van der Waals surface area contributed by atoms with Crippen molar-refractivity contribution >= 4 is 22.3 Å². The van der Waals surface area contributed by atoms with Crippen molar-refractivity contribution in [2.75, 3.05) is 32.1 Å². The van der Waals surface area contributed by atoms with E-state index in [-0.39, 0.29) is 6.10 Å². The summed E-state index contributed by atoms with van der Waals surface area (Å²) in [6.07, 6.45) is -0.0586. The third kappa shape index (κ3) is 4.80. The van der Waals surface area contributed by atoms with Crippen molar-refractivity contribution in [2.24, 2.45) is 0 Å². The number of aryl methyl sites for hydroxylation is 3. The molecule has 0 spiro atoms. The average molecular weight is 425 g/mol. The molecule has 0 radical (unpaired) electrons. The molecule has 158 valence electrons. The first-order chi connectivity index (χ1) is 14.5. The summed E-state index contributed by atoms with van der Waals surface area (Å²) in [6, 6.07) is 12.4. The topological polar surface area (TPSA) is 59.5 Å². The van der Waals surface area contributed by atoms with Crippen LogP contribution in [0.25, 0.3) is 0 Å².